The number of aromatic nitrogens is 2. The van der Waals surface area contributed by atoms with Gasteiger partial charge in [0.1, 0.15) is 0 Å². The quantitative estimate of drug-likeness (QED) is 0.857. The van der Waals surface area contributed by atoms with E-state index in [9.17, 15) is 0 Å². The molecule has 4 heteroatoms. The van der Waals surface area contributed by atoms with Crippen LogP contribution in [0, 0.1) is 6.92 Å². The topological polar surface area (TPSA) is 21.1 Å². The fourth-order valence-corrected chi connectivity index (χ4v) is 3.50. The number of nitrogens with zero attached hydrogens (tertiary/aromatic N) is 3. The Morgan fingerprint density at radius 1 is 1.30 bits per heavy atom. The number of rotatable bonds is 3. The van der Waals surface area contributed by atoms with Crippen molar-refractivity contribution in [2.24, 2.45) is 7.05 Å². The molecule has 2 heterocycles. The molecule has 1 atom stereocenters. The van der Waals surface area contributed by atoms with Crippen molar-refractivity contribution in [1.82, 2.24) is 14.7 Å². The summed E-state index contributed by atoms with van der Waals surface area (Å²) < 4.78 is 3.15. The maximum atomic E-state index is 4.47. The average Bonchev–Trinajstić information content (AvgIpc) is 3.01. The molecule has 1 unspecified atom stereocenters. The molecule has 20 heavy (non-hydrogen) atoms. The third-order valence-corrected chi connectivity index (χ3v) is 5.21. The Bertz CT molecular complexity index is 591. The van der Waals surface area contributed by atoms with Crippen molar-refractivity contribution in [1.29, 1.82) is 0 Å². The van der Waals surface area contributed by atoms with Crippen molar-refractivity contribution in [3.63, 3.8) is 0 Å². The number of hydrogen-bond donors (Lipinski definition) is 0. The summed E-state index contributed by atoms with van der Waals surface area (Å²) in [6.45, 7) is 5.32. The molecule has 0 saturated carbocycles. The zero-order valence-electron chi connectivity index (χ0n) is 12.0. The molecule has 2 aromatic rings. The Hall–Kier alpha value is -1.13. The first-order chi connectivity index (χ1) is 9.65. The lowest BCUT2D eigenvalue weighted by atomic mass is 9.99. The Balaban J connectivity index is 1.69. The number of likely N-dealkylation sites (tertiary alicyclic amines) is 1. The highest BCUT2D eigenvalue weighted by molar-refractivity contribution is 9.10. The van der Waals surface area contributed by atoms with E-state index in [4.69, 9.17) is 0 Å². The summed E-state index contributed by atoms with van der Waals surface area (Å²) in [6.07, 6.45) is 1.25. The molecule has 0 aliphatic carbocycles. The van der Waals surface area contributed by atoms with Crippen LogP contribution in [-0.2, 0) is 13.6 Å². The van der Waals surface area contributed by atoms with Gasteiger partial charge in [0.05, 0.1) is 15.9 Å². The van der Waals surface area contributed by atoms with Gasteiger partial charge in [-0.25, -0.2) is 0 Å². The van der Waals surface area contributed by atoms with Gasteiger partial charge in [-0.3, -0.25) is 9.58 Å². The van der Waals surface area contributed by atoms with E-state index in [2.05, 4.69) is 56.3 Å². The molecule has 1 aromatic heterocycles. The predicted molar refractivity (Wildman–Crippen MR) is 84.7 cm³/mol. The van der Waals surface area contributed by atoms with Crippen LogP contribution in [-0.4, -0.2) is 27.8 Å². The molecule has 0 radical (unpaired) electrons. The van der Waals surface area contributed by atoms with E-state index in [0.717, 1.165) is 29.8 Å². The molecule has 106 valence electrons. The van der Waals surface area contributed by atoms with Gasteiger partial charge in [0, 0.05) is 20.1 Å². The Morgan fingerprint density at radius 2 is 2.05 bits per heavy atom. The normalized spacial score (nSPS) is 19.6. The molecule has 0 N–H and O–H groups in total. The van der Waals surface area contributed by atoms with E-state index < -0.39 is 0 Å². The summed E-state index contributed by atoms with van der Waals surface area (Å²) in [5.41, 5.74) is 3.81. The minimum absolute atomic E-state index is 0.671. The maximum Gasteiger partial charge on any atom is 0.0739 e. The first-order valence-electron chi connectivity index (χ1n) is 7.10. The van der Waals surface area contributed by atoms with Crippen molar-refractivity contribution in [2.45, 2.75) is 25.8 Å². The third kappa shape index (κ3) is 2.67. The smallest absolute Gasteiger partial charge is 0.0739 e. The van der Waals surface area contributed by atoms with E-state index in [1.165, 1.54) is 17.7 Å². The lowest BCUT2D eigenvalue weighted by molar-refractivity contribution is 0.316. The second-order valence-electron chi connectivity index (χ2n) is 5.60. The molecule has 3 nitrogen and oxygen atoms in total. The largest absolute Gasteiger partial charge is 0.297 e. The van der Waals surface area contributed by atoms with Crippen LogP contribution in [0.1, 0.15) is 29.3 Å². The van der Waals surface area contributed by atoms with Crippen LogP contribution in [0.2, 0.25) is 0 Å². The van der Waals surface area contributed by atoms with Crippen LogP contribution in [0.4, 0.5) is 0 Å². The molecule has 1 aliphatic rings. The van der Waals surface area contributed by atoms with Crippen molar-refractivity contribution < 1.29 is 0 Å². The lowest BCUT2D eigenvalue weighted by Crippen LogP contribution is -2.21. The molecule has 1 fully saturated rings. The summed E-state index contributed by atoms with van der Waals surface area (Å²) in [7, 11) is 2.03. The summed E-state index contributed by atoms with van der Waals surface area (Å²) in [4.78, 5) is 2.53. The van der Waals surface area contributed by atoms with Crippen molar-refractivity contribution in [3.8, 4) is 0 Å². The van der Waals surface area contributed by atoms with Gasteiger partial charge in [-0.05, 0) is 47.3 Å². The second kappa shape index (κ2) is 5.70. The van der Waals surface area contributed by atoms with Gasteiger partial charge in [-0.2, -0.15) is 5.10 Å². The molecule has 1 aliphatic heterocycles. The van der Waals surface area contributed by atoms with Gasteiger partial charge in [0.25, 0.3) is 0 Å². The number of aryl methyl sites for hydroxylation is 2. The van der Waals surface area contributed by atoms with Crippen LogP contribution in [0.15, 0.2) is 34.8 Å². The number of hydrogen-bond acceptors (Lipinski definition) is 2. The van der Waals surface area contributed by atoms with Gasteiger partial charge in [0.2, 0.25) is 0 Å². The van der Waals surface area contributed by atoms with Crippen LogP contribution >= 0.6 is 15.9 Å². The third-order valence-electron chi connectivity index (χ3n) is 4.18. The van der Waals surface area contributed by atoms with Gasteiger partial charge in [-0.1, -0.05) is 30.3 Å². The standard InChI is InChI=1S/C16H20BrN3/c1-12-16(17)15(19(2)18-12)11-20-9-8-14(10-20)13-6-4-3-5-7-13/h3-7,14H,8-11H2,1-2H3. The van der Waals surface area contributed by atoms with Crippen molar-refractivity contribution >= 4 is 15.9 Å². The van der Waals surface area contributed by atoms with Crippen LogP contribution in [0.3, 0.4) is 0 Å². The minimum Gasteiger partial charge on any atom is -0.297 e. The van der Waals surface area contributed by atoms with E-state index >= 15 is 0 Å². The monoisotopic (exact) mass is 333 g/mol. The van der Waals surface area contributed by atoms with Crippen molar-refractivity contribution in [3.05, 3.63) is 51.8 Å². The van der Waals surface area contributed by atoms with Crippen LogP contribution in [0.5, 0.6) is 0 Å². The molecule has 1 saturated heterocycles. The van der Waals surface area contributed by atoms with Crippen LogP contribution < -0.4 is 0 Å². The summed E-state index contributed by atoms with van der Waals surface area (Å²) in [5.74, 6) is 0.671. The fraction of sp³-hybridized carbons (Fsp3) is 0.438. The number of halogens is 1. The SMILES string of the molecule is Cc1nn(C)c(CN2CCC(c3ccccc3)C2)c1Br. The number of benzene rings is 1. The van der Waals surface area contributed by atoms with Crippen LogP contribution in [0.25, 0.3) is 0 Å². The maximum absolute atomic E-state index is 4.47. The molecule has 0 amide bonds. The van der Waals surface area contributed by atoms with Gasteiger partial charge < -0.3 is 0 Å². The van der Waals surface area contributed by atoms with Gasteiger partial charge in [-0.15, -0.1) is 0 Å². The Kier molecular flexibility index (Phi) is 3.94. The van der Waals surface area contributed by atoms with E-state index in [0.29, 0.717) is 5.92 Å². The Morgan fingerprint density at radius 3 is 2.70 bits per heavy atom. The highest BCUT2D eigenvalue weighted by atomic mass is 79.9. The average molecular weight is 334 g/mol. The zero-order valence-corrected chi connectivity index (χ0v) is 13.6. The first-order valence-corrected chi connectivity index (χ1v) is 7.89. The summed E-state index contributed by atoms with van der Waals surface area (Å²) >= 11 is 3.66. The van der Waals surface area contributed by atoms with E-state index in [-0.39, 0.29) is 0 Å². The molecule has 0 spiro atoms. The summed E-state index contributed by atoms with van der Waals surface area (Å²) in [6, 6.07) is 10.9. The molecule has 3 rings (SSSR count). The molecular formula is C16H20BrN3. The highest BCUT2D eigenvalue weighted by Gasteiger charge is 2.25. The van der Waals surface area contributed by atoms with Gasteiger partial charge in [0.15, 0.2) is 0 Å². The highest BCUT2D eigenvalue weighted by Crippen LogP contribution is 2.29. The molecule has 1 aromatic carbocycles. The molecule has 0 bridgehead atoms. The lowest BCUT2D eigenvalue weighted by Gasteiger charge is -2.16. The summed E-state index contributed by atoms with van der Waals surface area (Å²) in [5, 5.41) is 4.47. The van der Waals surface area contributed by atoms with E-state index in [1.54, 1.807) is 0 Å². The zero-order chi connectivity index (χ0) is 14.1. The van der Waals surface area contributed by atoms with Gasteiger partial charge >= 0.3 is 0 Å². The second-order valence-corrected chi connectivity index (χ2v) is 6.39. The Labute approximate surface area is 128 Å². The predicted octanol–water partition coefficient (Wildman–Crippen LogP) is 3.48. The fourth-order valence-electron chi connectivity index (χ4n) is 3.04. The minimum atomic E-state index is 0.671. The molecular weight excluding hydrogens is 314 g/mol. The first kappa shape index (κ1) is 13.8. The van der Waals surface area contributed by atoms with E-state index in [1.807, 2.05) is 18.7 Å². The van der Waals surface area contributed by atoms with Crippen molar-refractivity contribution in [2.75, 3.05) is 13.1 Å².